The third-order valence-electron chi connectivity index (χ3n) is 5.02. The zero-order chi connectivity index (χ0) is 18.7. The van der Waals surface area contributed by atoms with Crippen LogP contribution in [0, 0.1) is 5.92 Å². The van der Waals surface area contributed by atoms with Gasteiger partial charge >= 0.3 is 0 Å². The first-order chi connectivity index (χ1) is 12.3. The summed E-state index contributed by atoms with van der Waals surface area (Å²) in [7, 11) is 0. The molecule has 0 spiro atoms. The van der Waals surface area contributed by atoms with Crippen LogP contribution in [0.2, 0.25) is 0 Å². The summed E-state index contributed by atoms with van der Waals surface area (Å²) in [5.74, 6) is 0.882. The van der Waals surface area contributed by atoms with Gasteiger partial charge in [0.25, 0.3) is 0 Å². The first-order valence-corrected chi connectivity index (χ1v) is 9.58. The highest BCUT2D eigenvalue weighted by Crippen LogP contribution is 2.33. The zero-order valence-corrected chi connectivity index (χ0v) is 16.1. The molecule has 2 aliphatic rings. The van der Waals surface area contributed by atoms with E-state index in [2.05, 4.69) is 0 Å². The Kier molecular flexibility index (Phi) is 5.70. The van der Waals surface area contributed by atoms with Crippen molar-refractivity contribution < 1.29 is 18.7 Å². The van der Waals surface area contributed by atoms with Crippen LogP contribution in [0.1, 0.15) is 52.2 Å². The highest BCUT2D eigenvalue weighted by Gasteiger charge is 2.39. The van der Waals surface area contributed by atoms with Gasteiger partial charge in [0, 0.05) is 24.6 Å². The van der Waals surface area contributed by atoms with E-state index >= 15 is 0 Å². The fourth-order valence-corrected chi connectivity index (χ4v) is 3.31. The minimum Gasteiger partial charge on any atom is -0.467 e. The molecule has 3 rings (SSSR count). The van der Waals surface area contributed by atoms with Gasteiger partial charge in [-0.2, -0.15) is 0 Å². The standard InChI is InChI=1S/C20H30N2O4/c1-20(2,3)22(19(24)15-8-9-15)14-18(23)21(12-16-6-4-10-25-16)13-17-7-5-11-26-17/h4,6,10,15,17H,5,7-9,11-14H2,1-3H3/t17-/m1/s1. The molecule has 0 unspecified atom stereocenters. The molecule has 6 heteroatoms. The topological polar surface area (TPSA) is 63.0 Å². The molecule has 1 aromatic heterocycles. The van der Waals surface area contributed by atoms with Crippen LogP contribution >= 0.6 is 0 Å². The number of rotatable bonds is 7. The van der Waals surface area contributed by atoms with Gasteiger partial charge in [-0.25, -0.2) is 0 Å². The molecule has 2 heterocycles. The van der Waals surface area contributed by atoms with Gasteiger partial charge in [0.2, 0.25) is 11.8 Å². The van der Waals surface area contributed by atoms with Crippen molar-refractivity contribution in [2.45, 2.75) is 64.6 Å². The number of carbonyl (C=O) groups is 2. The van der Waals surface area contributed by atoms with E-state index in [1.54, 1.807) is 16.1 Å². The fraction of sp³-hybridized carbons (Fsp3) is 0.700. The molecule has 0 N–H and O–H groups in total. The molecular formula is C20H30N2O4. The Morgan fingerprint density at radius 2 is 2.00 bits per heavy atom. The second kappa shape index (κ2) is 7.82. The smallest absolute Gasteiger partial charge is 0.242 e. The molecule has 0 radical (unpaired) electrons. The van der Waals surface area contributed by atoms with Crippen LogP contribution in [0.4, 0.5) is 0 Å². The lowest BCUT2D eigenvalue weighted by molar-refractivity contribution is -0.146. The molecule has 2 fully saturated rings. The second-order valence-corrected chi connectivity index (χ2v) is 8.36. The Bertz CT molecular complexity index is 610. The van der Waals surface area contributed by atoms with E-state index < -0.39 is 0 Å². The van der Waals surface area contributed by atoms with E-state index in [9.17, 15) is 9.59 Å². The lowest BCUT2D eigenvalue weighted by atomic mass is 10.0. The number of ether oxygens (including phenoxy) is 1. The van der Waals surface area contributed by atoms with Crippen LogP contribution in [0.3, 0.4) is 0 Å². The van der Waals surface area contributed by atoms with Gasteiger partial charge in [-0.15, -0.1) is 0 Å². The van der Waals surface area contributed by atoms with Crippen LogP contribution in [0.5, 0.6) is 0 Å². The predicted molar refractivity (Wildman–Crippen MR) is 97.3 cm³/mol. The minimum absolute atomic E-state index is 0.0548. The number of amides is 2. The summed E-state index contributed by atoms with van der Waals surface area (Å²) in [4.78, 5) is 29.3. The largest absolute Gasteiger partial charge is 0.467 e. The first-order valence-electron chi connectivity index (χ1n) is 9.58. The maximum absolute atomic E-state index is 13.1. The summed E-state index contributed by atoms with van der Waals surface area (Å²) in [5, 5.41) is 0. The van der Waals surface area contributed by atoms with Crippen molar-refractivity contribution >= 4 is 11.8 Å². The molecule has 144 valence electrons. The quantitative estimate of drug-likeness (QED) is 0.748. The maximum Gasteiger partial charge on any atom is 0.242 e. The van der Waals surface area contributed by atoms with Crippen molar-refractivity contribution in [2.75, 3.05) is 19.7 Å². The minimum atomic E-state index is -0.379. The molecule has 0 bridgehead atoms. The summed E-state index contributed by atoms with van der Waals surface area (Å²) in [6.45, 7) is 7.75. The van der Waals surface area contributed by atoms with Crippen LogP contribution in [0.15, 0.2) is 22.8 Å². The van der Waals surface area contributed by atoms with Gasteiger partial charge in [0.05, 0.1) is 18.9 Å². The molecule has 0 aromatic carbocycles. The molecule has 2 amide bonds. The van der Waals surface area contributed by atoms with E-state index in [-0.39, 0.29) is 35.9 Å². The van der Waals surface area contributed by atoms with E-state index in [0.717, 1.165) is 38.1 Å². The van der Waals surface area contributed by atoms with Gasteiger partial charge in [-0.3, -0.25) is 9.59 Å². The molecular weight excluding hydrogens is 332 g/mol. The van der Waals surface area contributed by atoms with E-state index in [4.69, 9.17) is 9.15 Å². The van der Waals surface area contributed by atoms with Crippen LogP contribution in [0.25, 0.3) is 0 Å². The van der Waals surface area contributed by atoms with Gasteiger partial charge < -0.3 is 19.0 Å². The lowest BCUT2D eigenvalue weighted by Gasteiger charge is -2.37. The van der Waals surface area contributed by atoms with Crippen molar-refractivity contribution in [3.05, 3.63) is 24.2 Å². The van der Waals surface area contributed by atoms with Gasteiger partial charge in [-0.1, -0.05) is 0 Å². The predicted octanol–water partition coefficient (Wildman–Crippen LogP) is 2.82. The highest BCUT2D eigenvalue weighted by atomic mass is 16.5. The van der Waals surface area contributed by atoms with Crippen LogP contribution in [-0.4, -0.2) is 53.0 Å². The normalized spacial score (nSPS) is 20.2. The monoisotopic (exact) mass is 362 g/mol. The Balaban J connectivity index is 1.70. The van der Waals surface area contributed by atoms with Crippen molar-refractivity contribution in [3.63, 3.8) is 0 Å². The highest BCUT2D eigenvalue weighted by molar-refractivity contribution is 5.87. The van der Waals surface area contributed by atoms with Crippen LogP contribution < -0.4 is 0 Å². The van der Waals surface area contributed by atoms with E-state index in [1.165, 1.54) is 0 Å². The molecule has 1 saturated heterocycles. The lowest BCUT2D eigenvalue weighted by Crippen LogP contribution is -2.52. The molecule has 1 aromatic rings. The van der Waals surface area contributed by atoms with Crippen LogP contribution in [-0.2, 0) is 20.9 Å². The average molecular weight is 362 g/mol. The third-order valence-corrected chi connectivity index (χ3v) is 5.02. The molecule has 1 aliphatic heterocycles. The van der Waals surface area contributed by atoms with E-state index in [0.29, 0.717) is 13.1 Å². The Labute approximate surface area is 155 Å². The van der Waals surface area contributed by atoms with Gasteiger partial charge in [0.15, 0.2) is 0 Å². The SMILES string of the molecule is CC(C)(C)N(CC(=O)N(Cc1ccco1)C[C@H]1CCCO1)C(=O)C1CC1. The number of hydrogen-bond donors (Lipinski definition) is 0. The van der Waals surface area contributed by atoms with Crippen molar-refractivity contribution in [3.8, 4) is 0 Å². The van der Waals surface area contributed by atoms with Gasteiger partial charge in [-0.05, 0) is 58.6 Å². The third kappa shape index (κ3) is 4.87. The number of hydrogen-bond acceptors (Lipinski definition) is 4. The number of nitrogens with zero attached hydrogens (tertiary/aromatic N) is 2. The zero-order valence-electron chi connectivity index (χ0n) is 16.1. The summed E-state index contributed by atoms with van der Waals surface area (Å²) >= 11 is 0. The van der Waals surface area contributed by atoms with Gasteiger partial charge in [0.1, 0.15) is 12.3 Å². The summed E-state index contributed by atoms with van der Waals surface area (Å²) in [6.07, 6.45) is 5.55. The maximum atomic E-state index is 13.1. The molecule has 26 heavy (non-hydrogen) atoms. The Hall–Kier alpha value is -1.82. The van der Waals surface area contributed by atoms with E-state index in [1.807, 2.05) is 32.9 Å². The molecule has 1 saturated carbocycles. The fourth-order valence-electron chi connectivity index (χ4n) is 3.31. The Morgan fingerprint density at radius 3 is 2.54 bits per heavy atom. The van der Waals surface area contributed by atoms with Crippen molar-refractivity contribution in [2.24, 2.45) is 5.92 Å². The number of carbonyl (C=O) groups excluding carboxylic acids is 2. The first kappa shape index (κ1) is 19.0. The molecule has 6 nitrogen and oxygen atoms in total. The number of furan rings is 1. The van der Waals surface area contributed by atoms with Crippen molar-refractivity contribution in [1.82, 2.24) is 9.80 Å². The summed E-state index contributed by atoms with van der Waals surface area (Å²) in [6, 6.07) is 3.69. The molecule has 1 atom stereocenters. The second-order valence-electron chi connectivity index (χ2n) is 8.36. The Morgan fingerprint density at radius 1 is 1.23 bits per heavy atom. The summed E-state index contributed by atoms with van der Waals surface area (Å²) < 4.78 is 11.1. The molecule has 1 aliphatic carbocycles. The summed E-state index contributed by atoms with van der Waals surface area (Å²) in [5.41, 5.74) is -0.379. The average Bonchev–Trinajstić information content (AvgIpc) is 3.06. The van der Waals surface area contributed by atoms with Crippen molar-refractivity contribution in [1.29, 1.82) is 0 Å².